The molecule has 5 heterocycles. The first-order valence-corrected chi connectivity index (χ1v) is 13.5. The molecule has 184 valence electrons. The maximum atomic E-state index is 13.3. The minimum absolute atomic E-state index is 0.0221. The van der Waals surface area contributed by atoms with E-state index in [1.54, 1.807) is 11.1 Å². The van der Waals surface area contributed by atoms with Gasteiger partial charge in [-0.05, 0) is 63.3 Å². The zero-order valence-electron chi connectivity index (χ0n) is 19.8. The van der Waals surface area contributed by atoms with Crippen LogP contribution in [-0.2, 0) is 9.59 Å². The molecule has 1 atom stereocenters. The Hall–Kier alpha value is -2.78. The molecule has 0 aromatic carbocycles. The van der Waals surface area contributed by atoms with Crippen LogP contribution >= 0.6 is 11.3 Å². The van der Waals surface area contributed by atoms with Crippen molar-refractivity contribution in [3.63, 3.8) is 0 Å². The number of imide groups is 1. The number of carbonyl (C=O) groups excluding carboxylic acids is 3. The number of nitrogens with two attached hydrogens (primary N) is 1. The van der Waals surface area contributed by atoms with E-state index in [1.165, 1.54) is 11.3 Å². The third kappa shape index (κ3) is 4.04. The average Bonchev–Trinajstić information content (AvgIpc) is 3.59. The summed E-state index contributed by atoms with van der Waals surface area (Å²) in [6.07, 6.45) is 7.51. The number of hydrogen-bond donors (Lipinski definition) is 1. The van der Waals surface area contributed by atoms with Crippen molar-refractivity contribution in [1.82, 2.24) is 19.7 Å². The van der Waals surface area contributed by atoms with E-state index < -0.39 is 5.41 Å². The highest BCUT2D eigenvalue weighted by Gasteiger charge is 2.56. The van der Waals surface area contributed by atoms with Gasteiger partial charge in [-0.25, -0.2) is 0 Å². The van der Waals surface area contributed by atoms with E-state index >= 15 is 0 Å². The summed E-state index contributed by atoms with van der Waals surface area (Å²) in [6.45, 7) is 2.96. The second kappa shape index (κ2) is 8.71. The van der Waals surface area contributed by atoms with Crippen LogP contribution in [0.25, 0.3) is 10.6 Å². The van der Waals surface area contributed by atoms with E-state index in [9.17, 15) is 14.4 Å². The molecule has 0 bridgehead atoms. The Morgan fingerprint density at radius 3 is 2.60 bits per heavy atom. The van der Waals surface area contributed by atoms with Gasteiger partial charge in [0.2, 0.25) is 11.8 Å². The van der Waals surface area contributed by atoms with Crippen molar-refractivity contribution in [2.45, 2.75) is 57.0 Å². The van der Waals surface area contributed by atoms with Crippen molar-refractivity contribution in [3.8, 4) is 10.6 Å². The van der Waals surface area contributed by atoms with Crippen molar-refractivity contribution in [2.75, 3.05) is 31.9 Å². The fourth-order valence-corrected chi connectivity index (χ4v) is 7.03. The molecule has 3 saturated heterocycles. The molecule has 4 fully saturated rings. The SMILES string of the molecule is Nc1sc(-c2ccccn2)cc1C(=O)N1CCC(N2CCCC3(CC(=O)N(C4CC4)C3=O)C2)CC1. The van der Waals surface area contributed by atoms with Gasteiger partial charge in [-0.1, -0.05) is 6.07 Å². The number of nitrogen functional groups attached to an aromatic ring is 1. The van der Waals surface area contributed by atoms with Gasteiger partial charge in [0.1, 0.15) is 0 Å². The second-order valence-corrected chi connectivity index (χ2v) is 11.5. The summed E-state index contributed by atoms with van der Waals surface area (Å²) in [5.74, 6) is 0.0725. The minimum Gasteiger partial charge on any atom is -0.390 e. The first-order valence-electron chi connectivity index (χ1n) is 12.7. The number of anilines is 1. The molecule has 8 nitrogen and oxygen atoms in total. The Morgan fingerprint density at radius 2 is 1.89 bits per heavy atom. The number of thiophene rings is 1. The van der Waals surface area contributed by atoms with Crippen molar-refractivity contribution in [3.05, 3.63) is 36.0 Å². The summed E-state index contributed by atoms with van der Waals surface area (Å²) in [5, 5.41) is 0.528. The van der Waals surface area contributed by atoms with Crippen LogP contribution < -0.4 is 5.73 Å². The van der Waals surface area contributed by atoms with E-state index in [0.717, 1.165) is 55.6 Å². The second-order valence-electron chi connectivity index (χ2n) is 10.5. The molecule has 0 radical (unpaired) electrons. The Bertz CT molecular complexity index is 1150. The predicted octanol–water partition coefficient (Wildman–Crippen LogP) is 3.00. The number of rotatable bonds is 4. The maximum Gasteiger partial charge on any atom is 0.256 e. The number of amides is 3. The van der Waals surface area contributed by atoms with Crippen LogP contribution in [0.2, 0.25) is 0 Å². The molecule has 1 unspecified atom stereocenters. The van der Waals surface area contributed by atoms with E-state index in [1.807, 2.05) is 29.2 Å². The molecule has 3 aliphatic heterocycles. The zero-order valence-corrected chi connectivity index (χ0v) is 20.6. The van der Waals surface area contributed by atoms with Gasteiger partial charge in [0.05, 0.1) is 26.6 Å². The number of piperidine rings is 2. The first kappa shape index (κ1) is 22.7. The predicted molar refractivity (Wildman–Crippen MR) is 134 cm³/mol. The number of nitrogens with zero attached hydrogens (tertiary/aromatic N) is 4. The fraction of sp³-hybridized carbons (Fsp3) is 0.538. The van der Waals surface area contributed by atoms with Crippen LogP contribution in [-0.4, -0.2) is 75.7 Å². The molecular formula is C26H31N5O3S. The minimum atomic E-state index is -0.530. The van der Waals surface area contributed by atoms with Gasteiger partial charge >= 0.3 is 0 Å². The average molecular weight is 494 g/mol. The number of pyridine rings is 1. The highest BCUT2D eigenvalue weighted by Crippen LogP contribution is 2.45. The summed E-state index contributed by atoms with van der Waals surface area (Å²) in [7, 11) is 0. The fourth-order valence-electron chi connectivity index (χ4n) is 6.13. The molecule has 9 heteroatoms. The van der Waals surface area contributed by atoms with Gasteiger partial charge in [0.15, 0.2) is 0 Å². The molecule has 4 aliphatic rings. The van der Waals surface area contributed by atoms with E-state index in [2.05, 4.69) is 9.88 Å². The van der Waals surface area contributed by atoms with Crippen LogP contribution in [0.4, 0.5) is 5.00 Å². The Balaban J connectivity index is 1.10. The number of hydrogen-bond acceptors (Lipinski definition) is 7. The van der Waals surface area contributed by atoms with Gasteiger partial charge in [-0.3, -0.25) is 29.2 Å². The summed E-state index contributed by atoms with van der Waals surface area (Å²) in [6, 6.07) is 8.06. The number of likely N-dealkylation sites (tertiary alicyclic amines) is 3. The van der Waals surface area contributed by atoms with Gasteiger partial charge in [0.25, 0.3) is 5.91 Å². The topological polar surface area (TPSA) is 99.8 Å². The smallest absolute Gasteiger partial charge is 0.256 e. The summed E-state index contributed by atoms with van der Waals surface area (Å²) >= 11 is 1.40. The van der Waals surface area contributed by atoms with E-state index in [0.29, 0.717) is 42.7 Å². The third-order valence-electron chi connectivity index (χ3n) is 8.13. The molecule has 2 N–H and O–H groups in total. The highest BCUT2D eigenvalue weighted by atomic mass is 32.1. The van der Waals surface area contributed by atoms with E-state index in [4.69, 9.17) is 5.73 Å². The molecule has 2 aromatic rings. The van der Waals surface area contributed by atoms with Crippen molar-refractivity contribution in [2.24, 2.45) is 5.41 Å². The molecule has 1 saturated carbocycles. The monoisotopic (exact) mass is 493 g/mol. The summed E-state index contributed by atoms with van der Waals surface area (Å²) in [4.78, 5) is 50.3. The lowest BCUT2D eigenvalue weighted by molar-refractivity contribution is -0.143. The van der Waals surface area contributed by atoms with Crippen LogP contribution in [0.1, 0.15) is 55.3 Å². The first-order chi connectivity index (χ1) is 16.9. The highest BCUT2D eigenvalue weighted by molar-refractivity contribution is 7.19. The molecular weight excluding hydrogens is 462 g/mol. The van der Waals surface area contributed by atoms with Crippen LogP contribution in [0, 0.1) is 5.41 Å². The quantitative estimate of drug-likeness (QED) is 0.658. The Morgan fingerprint density at radius 1 is 1.09 bits per heavy atom. The molecule has 35 heavy (non-hydrogen) atoms. The molecule has 1 spiro atoms. The Kier molecular flexibility index (Phi) is 5.64. The van der Waals surface area contributed by atoms with Crippen molar-refractivity contribution >= 4 is 34.1 Å². The van der Waals surface area contributed by atoms with Gasteiger partial charge in [-0.2, -0.15) is 0 Å². The molecule has 6 rings (SSSR count). The van der Waals surface area contributed by atoms with Crippen LogP contribution in [0.3, 0.4) is 0 Å². The zero-order chi connectivity index (χ0) is 24.2. The van der Waals surface area contributed by atoms with Crippen LogP contribution in [0.15, 0.2) is 30.5 Å². The van der Waals surface area contributed by atoms with Gasteiger partial charge < -0.3 is 10.6 Å². The third-order valence-corrected chi connectivity index (χ3v) is 9.11. The normalized spacial score (nSPS) is 26.2. The molecule has 1 aliphatic carbocycles. The van der Waals surface area contributed by atoms with Crippen LogP contribution in [0.5, 0.6) is 0 Å². The van der Waals surface area contributed by atoms with Gasteiger partial charge in [-0.15, -0.1) is 11.3 Å². The van der Waals surface area contributed by atoms with Gasteiger partial charge in [0, 0.05) is 44.3 Å². The Labute approximate surface area is 209 Å². The molecule has 2 aromatic heterocycles. The number of aromatic nitrogens is 1. The standard InChI is InChI=1S/C26H31N5O3S/c27-23-19(14-21(35-23)20-4-1-2-10-28-20)24(33)29-12-7-17(8-13-29)30-11-3-9-26(16-30)15-22(32)31(25(26)34)18-5-6-18/h1-2,4,10,14,17-18H,3,5-9,11-13,15-16,27H2. The lowest BCUT2D eigenvalue weighted by Crippen LogP contribution is -2.54. The largest absolute Gasteiger partial charge is 0.390 e. The summed E-state index contributed by atoms with van der Waals surface area (Å²) in [5.41, 5.74) is 7.08. The summed E-state index contributed by atoms with van der Waals surface area (Å²) < 4.78 is 0. The molecule has 3 amide bonds. The van der Waals surface area contributed by atoms with E-state index in [-0.39, 0.29) is 23.8 Å². The number of carbonyl (C=O) groups is 3. The van der Waals surface area contributed by atoms with Crippen molar-refractivity contribution in [1.29, 1.82) is 0 Å². The lowest BCUT2D eigenvalue weighted by atomic mass is 9.77. The maximum absolute atomic E-state index is 13.3. The van der Waals surface area contributed by atoms with Crippen molar-refractivity contribution < 1.29 is 14.4 Å². The lowest BCUT2D eigenvalue weighted by Gasteiger charge is -2.45.